The maximum absolute atomic E-state index is 12.3. The number of aromatic amines is 2. The Morgan fingerprint density at radius 3 is 2.88 bits per heavy atom. The molecule has 0 aliphatic heterocycles. The molecule has 2 aromatic heterocycles. The van der Waals surface area contributed by atoms with Crippen LogP contribution < -0.4 is 5.32 Å². The summed E-state index contributed by atoms with van der Waals surface area (Å²) in [4.78, 5) is 20.2. The molecule has 0 fully saturated rings. The zero-order chi connectivity index (χ0) is 17.4. The minimum absolute atomic E-state index is 0.0539. The first-order chi connectivity index (χ1) is 12.1. The van der Waals surface area contributed by atoms with Crippen molar-refractivity contribution in [1.82, 2.24) is 20.2 Å². The van der Waals surface area contributed by atoms with Gasteiger partial charge in [0, 0.05) is 17.0 Å². The number of H-pyrrole nitrogens is 2. The molecule has 0 radical (unpaired) electrons. The molecule has 2 aromatic carbocycles. The van der Waals surface area contributed by atoms with E-state index in [0.717, 1.165) is 39.0 Å². The number of carbonyl (C=O) groups is 1. The van der Waals surface area contributed by atoms with Crippen molar-refractivity contribution in [2.45, 2.75) is 26.2 Å². The van der Waals surface area contributed by atoms with E-state index in [1.54, 1.807) is 6.20 Å². The van der Waals surface area contributed by atoms with Gasteiger partial charge in [-0.2, -0.15) is 5.10 Å². The average Bonchev–Trinajstić information content (AvgIpc) is 3.20. The molecule has 3 N–H and O–H groups in total. The number of rotatable bonds is 4. The predicted molar refractivity (Wildman–Crippen MR) is 98.6 cm³/mol. The van der Waals surface area contributed by atoms with E-state index in [1.807, 2.05) is 36.4 Å². The van der Waals surface area contributed by atoms with Gasteiger partial charge in [-0.1, -0.05) is 19.9 Å². The number of hydrogen-bond donors (Lipinski definition) is 3. The summed E-state index contributed by atoms with van der Waals surface area (Å²) < 4.78 is 0. The van der Waals surface area contributed by atoms with Gasteiger partial charge in [0.1, 0.15) is 5.82 Å². The number of nitrogens with one attached hydrogen (secondary N) is 3. The number of benzene rings is 2. The molecule has 2 heterocycles. The Morgan fingerprint density at radius 1 is 1.16 bits per heavy atom. The van der Waals surface area contributed by atoms with Crippen LogP contribution in [0.1, 0.15) is 31.2 Å². The van der Waals surface area contributed by atoms with Gasteiger partial charge in [0.15, 0.2) is 0 Å². The van der Waals surface area contributed by atoms with E-state index >= 15 is 0 Å². The van der Waals surface area contributed by atoms with E-state index in [0.29, 0.717) is 12.3 Å². The quantitative estimate of drug-likeness (QED) is 0.531. The molecule has 0 bridgehead atoms. The van der Waals surface area contributed by atoms with Crippen LogP contribution in [0.3, 0.4) is 0 Å². The number of hydrogen-bond acceptors (Lipinski definition) is 3. The van der Waals surface area contributed by atoms with Crippen LogP contribution in [0.2, 0.25) is 0 Å². The zero-order valence-corrected chi connectivity index (χ0v) is 14.1. The molecule has 0 spiro atoms. The van der Waals surface area contributed by atoms with Gasteiger partial charge >= 0.3 is 0 Å². The van der Waals surface area contributed by atoms with Gasteiger partial charge in [0.05, 0.1) is 29.2 Å². The van der Waals surface area contributed by atoms with Crippen molar-refractivity contribution in [3.8, 4) is 0 Å². The zero-order valence-electron chi connectivity index (χ0n) is 14.1. The molecule has 4 aromatic rings. The highest BCUT2D eigenvalue weighted by atomic mass is 16.1. The fraction of sp³-hybridized carbons (Fsp3) is 0.211. The van der Waals surface area contributed by atoms with Gasteiger partial charge in [-0.25, -0.2) is 4.98 Å². The molecule has 0 aliphatic rings. The first-order valence-electron chi connectivity index (χ1n) is 8.30. The van der Waals surface area contributed by atoms with Gasteiger partial charge in [0.25, 0.3) is 0 Å². The van der Waals surface area contributed by atoms with Crippen LogP contribution in [0.5, 0.6) is 0 Å². The minimum atomic E-state index is -0.0539. The van der Waals surface area contributed by atoms with E-state index in [1.165, 1.54) is 0 Å². The molecule has 25 heavy (non-hydrogen) atoms. The molecular formula is C19H19N5O. The molecule has 0 atom stereocenters. The fourth-order valence-corrected chi connectivity index (χ4v) is 2.87. The smallest absolute Gasteiger partial charge is 0.228 e. The van der Waals surface area contributed by atoms with E-state index in [9.17, 15) is 4.79 Å². The lowest BCUT2D eigenvalue weighted by Crippen LogP contribution is -2.14. The lowest BCUT2D eigenvalue weighted by Gasteiger charge is -2.05. The number of imidazole rings is 1. The van der Waals surface area contributed by atoms with E-state index in [-0.39, 0.29) is 5.91 Å². The first kappa shape index (κ1) is 15.4. The monoisotopic (exact) mass is 333 g/mol. The lowest BCUT2D eigenvalue weighted by molar-refractivity contribution is -0.115. The molecule has 6 heteroatoms. The predicted octanol–water partition coefficient (Wildman–Crippen LogP) is 3.74. The van der Waals surface area contributed by atoms with Crippen LogP contribution in [0.4, 0.5) is 5.69 Å². The second-order valence-electron chi connectivity index (χ2n) is 6.53. The van der Waals surface area contributed by atoms with Gasteiger partial charge in [0.2, 0.25) is 5.91 Å². The third-order valence-corrected chi connectivity index (χ3v) is 4.20. The summed E-state index contributed by atoms with van der Waals surface area (Å²) in [7, 11) is 0. The van der Waals surface area contributed by atoms with Crippen molar-refractivity contribution in [1.29, 1.82) is 0 Å². The number of amides is 1. The number of carbonyl (C=O) groups excluding carboxylic acids is 1. The summed E-state index contributed by atoms with van der Waals surface area (Å²) in [5.41, 5.74) is 4.50. The Morgan fingerprint density at radius 2 is 2.04 bits per heavy atom. The van der Waals surface area contributed by atoms with Gasteiger partial charge in [-0.15, -0.1) is 0 Å². The topological polar surface area (TPSA) is 86.5 Å². The molecule has 4 rings (SSSR count). The molecule has 0 saturated carbocycles. The van der Waals surface area contributed by atoms with Crippen LogP contribution in [-0.4, -0.2) is 26.1 Å². The summed E-state index contributed by atoms with van der Waals surface area (Å²) in [5.74, 6) is 1.25. The van der Waals surface area contributed by atoms with Crippen LogP contribution in [0.15, 0.2) is 42.6 Å². The van der Waals surface area contributed by atoms with Gasteiger partial charge in [-0.05, 0) is 35.9 Å². The number of aromatic nitrogens is 4. The van der Waals surface area contributed by atoms with Crippen molar-refractivity contribution in [2.24, 2.45) is 0 Å². The van der Waals surface area contributed by atoms with Crippen molar-refractivity contribution < 1.29 is 4.79 Å². The Balaban J connectivity index is 1.50. The van der Waals surface area contributed by atoms with E-state index in [2.05, 4.69) is 39.3 Å². The molecule has 0 unspecified atom stereocenters. The van der Waals surface area contributed by atoms with E-state index in [4.69, 9.17) is 0 Å². The summed E-state index contributed by atoms with van der Waals surface area (Å²) in [6, 6.07) is 11.6. The Hall–Kier alpha value is -3.15. The average molecular weight is 333 g/mol. The first-order valence-corrected chi connectivity index (χ1v) is 8.30. The summed E-state index contributed by atoms with van der Waals surface area (Å²) in [5, 5.41) is 10.8. The second kappa shape index (κ2) is 6.05. The van der Waals surface area contributed by atoms with Crippen molar-refractivity contribution >= 4 is 33.5 Å². The summed E-state index contributed by atoms with van der Waals surface area (Å²) in [6.45, 7) is 4.20. The highest BCUT2D eigenvalue weighted by Gasteiger charge is 2.09. The highest BCUT2D eigenvalue weighted by molar-refractivity contribution is 5.95. The lowest BCUT2D eigenvalue weighted by atomic mass is 10.1. The normalized spacial score (nSPS) is 11.5. The molecule has 0 saturated heterocycles. The Labute approximate surface area is 144 Å². The maximum Gasteiger partial charge on any atom is 0.228 e. The summed E-state index contributed by atoms with van der Waals surface area (Å²) >= 11 is 0. The van der Waals surface area contributed by atoms with Gasteiger partial charge in [-0.3, -0.25) is 9.89 Å². The fourth-order valence-electron chi connectivity index (χ4n) is 2.87. The Kier molecular flexibility index (Phi) is 3.72. The van der Waals surface area contributed by atoms with Crippen LogP contribution in [0.25, 0.3) is 21.9 Å². The third-order valence-electron chi connectivity index (χ3n) is 4.20. The van der Waals surface area contributed by atoms with Gasteiger partial charge < -0.3 is 10.3 Å². The Bertz CT molecular complexity index is 1060. The van der Waals surface area contributed by atoms with Crippen molar-refractivity contribution in [2.75, 3.05) is 5.32 Å². The summed E-state index contributed by atoms with van der Waals surface area (Å²) in [6.07, 6.45) is 2.07. The molecular weight excluding hydrogens is 314 g/mol. The number of fused-ring (bicyclic) bond motifs is 2. The third kappa shape index (κ3) is 3.10. The number of anilines is 1. The van der Waals surface area contributed by atoms with Crippen LogP contribution in [0, 0.1) is 0 Å². The van der Waals surface area contributed by atoms with Crippen LogP contribution in [-0.2, 0) is 11.2 Å². The van der Waals surface area contributed by atoms with Crippen molar-refractivity contribution in [3.63, 3.8) is 0 Å². The number of nitrogens with zero attached hydrogens (tertiary/aromatic N) is 2. The van der Waals surface area contributed by atoms with Crippen molar-refractivity contribution in [3.05, 3.63) is 54.0 Å². The highest BCUT2D eigenvalue weighted by Crippen LogP contribution is 2.20. The minimum Gasteiger partial charge on any atom is -0.342 e. The molecule has 126 valence electrons. The van der Waals surface area contributed by atoms with E-state index < -0.39 is 0 Å². The SMILES string of the molecule is CC(C)c1nc2ccc(CC(=O)Nc3ccc4cn[nH]c4c3)cc2[nH]1. The largest absolute Gasteiger partial charge is 0.342 e. The second-order valence-corrected chi connectivity index (χ2v) is 6.53. The standard InChI is InChI=1S/C19H19N5O/c1-11(2)19-22-15-6-3-12(7-17(15)23-19)8-18(25)21-14-5-4-13-10-20-24-16(13)9-14/h3-7,9-11H,8H2,1-2H3,(H,20,24)(H,21,25)(H,22,23). The maximum atomic E-state index is 12.3. The molecule has 6 nitrogen and oxygen atoms in total. The molecule has 1 amide bonds. The van der Waals surface area contributed by atoms with Crippen LogP contribution >= 0.6 is 0 Å². The molecule has 0 aliphatic carbocycles.